The summed E-state index contributed by atoms with van der Waals surface area (Å²) in [5.41, 5.74) is 2.56. The van der Waals surface area contributed by atoms with Gasteiger partial charge in [-0.05, 0) is 87.0 Å². The maximum absolute atomic E-state index is 13.5. The van der Waals surface area contributed by atoms with Gasteiger partial charge in [-0.15, -0.1) is 0 Å². The molecular weight excluding hydrogens is 374 g/mol. The van der Waals surface area contributed by atoms with Crippen molar-refractivity contribution < 1.29 is 9.53 Å². The lowest BCUT2D eigenvalue weighted by Gasteiger charge is -2.56. The Morgan fingerprint density at radius 1 is 1.10 bits per heavy atom. The van der Waals surface area contributed by atoms with Crippen molar-refractivity contribution in [2.45, 2.75) is 57.3 Å². The standard InChI is InChI=1S/C25H29N3O2/c1-16-6-2-3-8-21(16)30-24-26-22(20-7-4-5-9-28(20)24)23(29)27-25-13-17-10-18(14-25)12-19(11-17)15-25/h2-9,17-19,24,26H,10-15H2,1H3,(H,27,29). The minimum absolute atomic E-state index is 0.00488. The topological polar surface area (TPSA) is 53.6 Å². The molecule has 7 rings (SSSR count). The molecular formula is C25H29N3O2. The van der Waals surface area contributed by atoms with Crippen LogP contribution in [-0.2, 0) is 4.79 Å². The second-order valence-electron chi connectivity index (χ2n) is 9.90. The van der Waals surface area contributed by atoms with E-state index in [1.165, 1.54) is 19.3 Å². The van der Waals surface area contributed by atoms with Crippen LogP contribution in [0, 0.1) is 24.7 Å². The highest BCUT2D eigenvalue weighted by Crippen LogP contribution is 2.55. The Kier molecular flexibility index (Phi) is 4.02. The largest absolute Gasteiger partial charge is 0.452 e. The molecule has 0 saturated heterocycles. The maximum atomic E-state index is 13.5. The molecule has 0 radical (unpaired) electrons. The van der Waals surface area contributed by atoms with Crippen LogP contribution < -0.4 is 15.4 Å². The molecule has 1 amide bonds. The quantitative estimate of drug-likeness (QED) is 0.800. The second kappa shape index (κ2) is 6.66. The maximum Gasteiger partial charge on any atom is 0.270 e. The molecule has 4 bridgehead atoms. The first-order valence-corrected chi connectivity index (χ1v) is 11.3. The number of hydrogen-bond donors (Lipinski definition) is 2. The lowest BCUT2D eigenvalue weighted by molar-refractivity contribution is -0.123. The van der Waals surface area contributed by atoms with Gasteiger partial charge in [0.1, 0.15) is 11.4 Å². The van der Waals surface area contributed by atoms with E-state index in [4.69, 9.17) is 4.74 Å². The minimum Gasteiger partial charge on any atom is -0.452 e. The third-order valence-corrected chi connectivity index (χ3v) is 7.64. The van der Waals surface area contributed by atoms with Crippen molar-refractivity contribution >= 4 is 5.91 Å². The summed E-state index contributed by atoms with van der Waals surface area (Å²) < 4.78 is 6.26. The molecule has 2 aliphatic heterocycles. The molecule has 1 atom stereocenters. The molecule has 4 fully saturated rings. The van der Waals surface area contributed by atoms with Crippen LogP contribution in [0.3, 0.4) is 0 Å². The van der Waals surface area contributed by atoms with E-state index in [1.807, 2.05) is 60.5 Å². The van der Waals surface area contributed by atoms with E-state index in [1.54, 1.807) is 0 Å². The summed E-state index contributed by atoms with van der Waals surface area (Å²) in [5, 5.41) is 6.86. The number of nitrogens with one attached hydrogen (secondary N) is 2. The van der Waals surface area contributed by atoms with Crippen LogP contribution in [0.25, 0.3) is 0 Å². The van der Waals surface area contributed by atoms with Gasteiger partial charge >= 0.3 is 0 Å². The van der Waals surface area contributed by atoms with E-state index in [2.05, 4.69) is 10.6 Å². The Labute approximate surface area is 177 Å². The predicted molar refractivity (Wildman–Crippen MR) is 115 cm³/mol. The average molecular weight is 404 g/mol. The van der Waals surface area contributed by atoms with Crippen LogP contribution in [0.4, 0.5) is 0 Å². The molecule has 1 unspecified atom stereocenters. The van der Waals surface area contributed by atoms with Gasteiger partial charge in [-0.25, -0.2) is 0 Å². The van der Waals surface area contributed by atoms with Crippen molar-refractivity contribution in [1.29, 1.82) is 0 Å². The number of para-hydroxylation sites is 1. The first-order valence-electron chi connectivity index (χ1n) is 11.3. The molecule has 1 aromatic carbocycles. The zero-order chi connectivity index (χ0) is 20.3. The molecule has 5 nitrogen and oxygen atoms in total. The monoisotopic (exact) mass is 403 g/mol. The molecule has 2 heterocycles. The van der Waals surface area contributed by atoms with Crippen LogP contribution in [0.15, 0.2) is 60.1 Å². The molecule has 0 aromatic heterocycles. The van der Waals surface area contributed by atoms with Gasteiger partial charge in [-0.2, -0.15) is 0 Å². The van der Waals surface area contributed by atoms with E-state index in [0.29, 0.717) is 5.70 Å². The number of ether oxygens (including phenoxy) is 1. The lowest BCUT2D eigenvalue weighted by Crippen LogP contribution is -2.60. The minimum atomic E-state index is -0.431. The van der Waals surface area contributed by atoms with E-state index in [0.717, 1.165) is 54.0 Å². The molecule has 5 heteroatoms. The SMILES string of the molecule is Cc1ccccc1OC1NC(C(=O)NC23CC4CC(CC(C4)C2)C3)=C2C=CC=CN21. The number of aryl methyl sites for hydroxylation is 1. The van der Waals surface area contributed by atoms with Gasteiger partial charge in [-0.1, -0.05) is 24.3 Å². The van der Waals surface area contributed by atoms with E-state index < -0.39 is 6.35 Å². The number of carbonyl (C=O) groups is 1. The summed E-state index contributed by atoms with van der Waals surface area (Å²) in [7, 11) is 0. The molecule has 4 saturated carbocycles. The van der Waals surface area contributed by atoms with Crippen LogP contribution in [-0.4, -0.2) is 22.7 Å². The zero-order valence-electron chi connectivity index (χ0n) is 17.4. The first kappa shape index (κ1) is 18.1. The fourth-order valence-electron chi connectivity index (χ4n) is 6.78. The molecule has 30 heavy (non-hydrogen) atoms. The summed E-state index contributed by atoms with van der Waals surface area (Å²) >= 11 is 0. The van der Waals surface area contributed by atoms with Crippen LogP contribution in [0.2, 0.25) is 0 Å². The molecule has 1 aromatic rings. The zero-order valence-corrected chi connectivity index (χ0v) is 17.4. The number of hydrogen-bond acceptors (Lipinski definition) is 4. The third-order valence-electron chi connectivity index (χ3n) is 7.64. The predicted octanol–water partition coefficient (Wildman–Crippen LogP) is 3.94. The fraction of sp³-hybridized carbons (Fsp3) is 0.480. The summed E-state index contributed by atoms with van der Waals surface area (Å²) in [6, 6.07) is 7.97. The smallest absolute Gasteiger partial charge is 0.270 e. The van der Waals surface area contributed by atoms with Gasteiger partial charge in [0, 0.05) is 11.7 Å². The Balaban J connectivity index is 1.24. The Morgan fingerprint density at radius 2 is 1.80 bits per heavy atom. The van der Waals surface area contributed by atoms with Gasteiger partial charge < -0.3 is 15.4 Å². The van der Waals surface area contributed by atoms with Gasteiger partial charge in [0.2, 0.25) is 0 Å². The average Bonchev–Trinajstić information content (AvgIpc) is 3.07. The van der Waals surface area contributed by atoms with E-state index in [-0.39, 0.29) is 11.4 Å². The fourth-order valence-corrected chi connectivity index (χ4v) is 6.78. The van der Waals surface area contributed by atoms with Crippen molar-refractivity contribution in [1.82, 2.24) is 15.5 Å². The Morgan fingerprint density at radius 3 is 2.50 bits per heavy atom. The number of carbonyl (C=O) groups excluding carboxylic acids is 1. The first-order chi connectivity index (χ1) is 14.6. The molecule has 156 valence electrons. The summed E-state index contributed by atoms with van der Waals surface area (Å²) in [4.78, 5) is 15.5. The Hall–Kier alpha value is -2.69. The van der Waals surface area contributed by atoms with Crippen molar-refractivity contribution in [2.24, 2.45) is 17.8 Å². The highest BCUT2D eigenvalue weighted by atomic mass is 16.5. The summed E-state index contributed by atoms with van der Waals surface area (Å²) in [6.45, 7) is 2.03. The van der Waals surface area contributed by atoms with Gasteiger partial charge in [0.15, 0.2) is 0 Å². The molecule has 2 N–H and O–H groups in total. The van der Waals surface area contributed by atoms with Gasteiger partial charge in [0.25, 0.3) is 12.3 Å². The van der Waals surface area contributed by atoms with Crippen LogP contribution in [0.1, 0.15) is 44.1 Å². The van der Waals surface area contributed by atoms with Crippen molar-refractivity contribution in [3.8, 4) is 5.75 Å². The second-order valence-corrected chi connectivity index (χ2v) is 9.90. The number of allylic oxidation sites excluding steroid dienone is 3. The lowest BCUT2D eigenvalue weighted by atomic mass is 9.53. The van der Waals surface area contributed by atoms with Crippen LogP contribution >= 0.6 is 0 Å². The van der Waals surface area contributed by atoms with Crippen molar-refractivity contribution in [2.75, 3.05) is 0 Å². The molecule has 0 spiro atoms. The third kappa shape index (κ3) is 2.94. The summed E-state index contributed by atoms with van der Waals surface area (Å²) in [5.74, 6) is 3.23. The summed E-state index contributed by atoms with van der Waals surface area (Å²) in [6.07, 6.45) is 15.0. The molecule has 4 aliphatic carbocycles. The number of amides is 1. The molecule has 6 aliphatic rings. The number of nitrogens with zero attached hydrogens (tertiary/aromatic N) is 1. The highest BCUT2D eigenvalue weighted by molar-refractivity contribution is 5.95. The normalized spacial score (nSPS) is 35.4. The highest BCUT2D eigenvalue weighted by Gasteiger charge is 2.52. The number of rotatable bonds is 4. The van der Waals surface area contributed by atoms with E-state index in [9.17, 15) is 4.79 Å². The van der Waals surface area contributed by atoms with Crippen LogP contribution in [0.5, 0.6) is 5.75 Å². The van der Waals surface area contributed by atoms with Crippen molar-refractivity contribution in [3.05, 3.63) is 65.7 Å². The van der Waals surface area contributed by atoms with Gasteiger partial charge in [-0.3, -0.25) is 9.69 Å². The van der Waals surface area contributed by atoms with Crippen molar-refractivity contribution in [3.63, 3.8) is 0 Å². The number of benzene rings is 1. The number of fused-ring (bicyclic) bond motifs is 1. The Bertz CT molecular complexity index is 941. The van der Waals surface area contributed by atoms with Gasteiger partial charge in [0.05, 0.1) is 5.70 Å². The van der Waals surface area contributed by atoms with E-state index >= 15 is 0 Å².